The van der Waals surface area contributed by atoms with Crippen molar-refractivity contribution in [1.29, 1.82) is 0 Å². The lowest BCUT2D eigenvalue weighted by molar-refractivity contribution is 0.103. The van der Waals surface area contributed by atoms with Crippen LogP contribution in [0.3, 0.4) is 0 Å². The standard InChI is InChI=1S/C22H21Cl2N3O5/c1-29-16-6-5-12(7-15(16)23)10-25-21-14(11-26-22(24)27-21)19(28)13-8-17(30-2)20(32-4)18(9-13)31-3/h5-9,11H,10H2,1-4H3,(H,25,26,27). The van der Waals surface area contributed by atoms with E-state index in [9.17, 15) is 4.79 Å². The normalized spacial score (nSPS) is 10.4. The number of aromatic nitrogens is 2. The van der Waals surface area contributed by atoms with Gasteiger partial charge in [0.1, 0.15) is 11.6 Å². The van der Waals surface area contributed by atoms with Crippen LogP contribution in [0.25, 0.3) is 0 Å². The van der Waals surface area contributed by atoms with Crippen LogP contribution in [0.1, 0.15) is 21.5 Å². The fourth-order valence-corrected chi connectivity index (χ4v) is 3.45. The molecule has 2 aromatic carbocycles. The number of carbonyl (C=O) groups is 1. The van der Waals surface area contributed by atoms with Crippen molar-refractivity contribution in [3.8, 4) is 23.0 Å². The van der Waals surface area contributed by atoms with Crippen molar-refractivity contribution >= 4 is 34.8 Å². The summed E-state index contributed by atoms with van der Waals surface area (Å²) in [6, 6.07) is 8.49. The van der Waals surface area contributed by atoms with E-state index in [1.807, 2.05) is 6.07 Å². The highest BCUT2D eigenvalue weighted by atomic mass is 35.5. The maximum Gasteiger partial charge on any atom is 0.224 e. The third kappa shape index (κ3) is 4.98. The summed E-state index contributed by atoms with van der Waals surface area (Å²) in [7, 11) is 5.99. The monoisotopic (exact) mass is 477 g/mol. The third-order valence-electron chi connectivity index (χ3n) is 4.61. The summed E-state index contributed by atoms with van der Waals surface area (Å²) < 4.78 is 21.2. The van der Waals surface area contributed by atoms with Gasteiger partial charge >= 0.3 is 0 Å². The second kappa shape index (κ2) is 10.4. The van der Waals surface area contributed by atoms with Gasteiger partial charge in [-0.25, -0.2) is 9.97 Å². The first-order valence-electron chi connectivity index (χ1n) is 9.35. The minimum Gasteiger partial charge on any atom is -0.495 e. The predicted molar refractivity (Wildman–Crippen MR) is 122 cm³/mol. The molecule has 10 heteroatoms. The Labute approximate surface area is 195 Å². The van der Waals surface area contributed by atoms with Gasteiger partial charge in [-0.1, -0.05) is 17.7 Å². The summed E-state index contributed by atoms with van der Waals surface area (Å²) in [5, 5.41) is 3.60. The summed E-state index contributed by atoms with van der Waals surface area (Å²) in [6.07, 6.45) is 1.37. The molecular formula is C22H21Cl2N3O5. The fraction of sp³-hybridized carbons (Fsp3) is 0.227. The molecule has 0 saturated heterocycles. The topological polar surface area (TPSA) is 91.8 Å². The molecule has 3 aromatic rings. The van der Waals surface area contributed by atoms with Crippen molar-refractivity contribution in [3.05, 3.63) is 63.5 Å². The second-order valence-corrected chi connectivity index (χ2v) is 7.21. The SMILES string of the molecule is COc1ccc(CNc2nc(Cl)ncc2C(=O)c2cc(OC)c(OC)c(OC)c2)cc1Cl. The Morgan fingerprint density at radius 3 is 2.16 bits per heavy atom. The van der Waals surface area contributed by atoms with E-state index in [1.54, 1.807) is 31.4 Å². The van der Waals surface area contributed by atoms with E-state index in [4.69, 9.17) is 42.1 Å². The number of hydrogen-bond acceptors (Lipinski definition) is 8. The number of ketones is 1. The van der Waals surface area contributed by atoms with Crippen molar-refractivity contribution in [1.82, 2.24) is 9.97 Å². The number of carbonyl (C=O) groups excluding carboxylic acids is 1. The molecule has 0 aliphatic rings. The van der Waals surface area contributed by atoms with Gasteiger partial charge in [0.15, 0.2) is 17.3 Å². The zero-order chi connectivity index (χ0) is 23.3. The molecule has 0 spiro atoms. The number of halogens is 2. The van der Waals surface area contributed by atoms with Crippen molar-refractivity contribution in [3.63, 3.8) is 0 Å². The number of methoxy groups -OCH3 is 4. The Kier molecular flexibility index (Phi) is 7.61. The molecule has 1 N–H and O–H groups in total. The van der Waals surface area contributed by atoms with Crippen molar-refractivity contribution in [2.24, 2.45) is 0 Å². The van der Waals surface area contributed by atoms with E-state index in [-0.39, 0.29) is 22.4 Å². The number of hydrogen-bond donors (Lipinski definition) is 1. The van der Waals surface area contributed by atoms with Gasteiger partial charge in [0.25, 0.3) is 0 Å². The van der Waals surface area contributed by atoms with Crippen LogP contribution in [-0.2, 0) is 6.54 Å². The van der Waals surface area contributed by atoms with Gasteiger partial charge in [-0.2, -0.15) is 0 Å². The van der Waals surface area contributed by atoms with Gasteiger partial charge in [-0.3, -0.25) is 4.79 Å². The summed E-state index contributed by atoms with van der Waals surface area (Å²) >= 11 is 12.2. The number of anilines is 1. The molecule has 0 bridgehead atoms. The molecule has 3 rings (SSSR count). The first-order valence-corrected chi connectivity index (χ1v) is 10.1. The van der Waals surface area contributed by atoms with Crippen LogP contribution in [0.4, 0.5) is 5.82 Å². The first-order chi connectivity index (χ1) is 15.4. The quantitative estimate of drug-likeness (QED) is 0.351. The number of rotatable bonds is 9. The number of benzene rings is 2. The lowest BCUT2D eigenvalue weighted by Gasteiger charge is -2.15. The van der Waals surface area contributed by atoms with Crippen LogP contribution in [0.15, 0.2) is 36.5 Å². The minimum absolute atomic E-state index is 0.00158. The number of ether oxygens (including phenoxy) is 4. The lowest BCUT2D eigenvalue weighted by atomic mass is 10.0. The molecule has 0 fully saturated rings. The molecule has 0 aliphatic carbocycles. The molecule has 32 heavy (non-hydrogen) atoms. The van der Waals surface area contributed by atoms with Gasteiger partial charge < -0.3 is 24.3 Å². The van der Waals surface area contributed by atoms with Crippen molar-refractivity contribution in [2.45, 2.75) is 6.54 Å². The van der Waals surface area contributed by atoms with Gasteiger partial charge in [-0.15, -0.1) is 0 Å². The average Bonchev–Trinajstić information content (AvgIpc) is 2.81. The Balaban J connectivity index is 1.94. The lowest BCUT2D eigenvalue weighted by Crippen LogP contribution is -2.11. The van der Waals surface area contributed by atoms with E-state index in [2.05, 4.69) is 15.3 Å². The Bertz CT molecular complexity index is 1120. The fourth-order valence-electron chi connectivity index (χ4n) is 3.03. The molecule has 0 amide bonds. The van der Waals surface area contributed by atoms with E-state index >= 15 is 0 Å². The second-order valence-electron chi connectivity index (χ2n) is 6.47. The number of nitrogens with zero attached hydrogens (tertiary/aromatic N) is 2. The molecular weight excluding hydrogens is 457 g/mol. The van der Waals surface area contributed by atoms with Gasteiger partial charge in [0.2, 0.25) is 11.0 Å². The highest BCUT2D eigenvalue weighted by molar-refractivity contribution is 6.32. The maximum atomic E-state index is 13.3. The zero-order valence-electron chi connectivity index (χ0n) is 17.9. The van der Waals surface area contributed by atoms with E-state index in [0.717, 1.165) is 5.56 Å². The Morgan fingerprint density at radius 1 is 0.938 bits per heavy atom. The van der Waals surface area contributed by atoms with Gasteiger partial charge in [-0.05, 0) is 41.4 Å². The molecule has 0 radical (unpaired) electrons. The summed E-state index contributed by atoms with van der Waals surface area (Å²) in [4.78, 5) is 21.5. The highest BCUT2D eigenvalue weighted by Crippen LogP contribution is 2.39. The number of nitrogens with one attached hydrogen (secondary N) is 1. The summed E-state index contributed by atoms with van der Waals surface area (Å²) in [5.74, 6) is 1.58. The van der Waals surface area contributed by atoms with Crippen LogP contribution < -0.4 is 24.3 Å². The Hall–Kier alpha value is -3.23. The van der Waals surface area contributed by atoms with Gasteiger partial charge in [0.05, 0.1) is 39.0 Å². The maximum absolute atomic E-state index is 13.3. The average molecular weight is 478 g/mol. The highest BCUT2D eigenvalue weighted by Gasteiger charge is 2.21. The summed E-state index contributed by atoms with van der Waals surface area (Å²) in [5.41, 5.74) is 1.39. The molecule has 0 atom stereocenters. The van der Waals surface area contributed by atoms with Crippen LogP contribution in [0, 0.1) is 0 Å². The van der Waals surface area contributed by atoms with E-state index in [1.165, 1.54) is 27.5 Å². The van der Waals surface area contributed by atoms with Crippen molar-refractivity contribution < 1.29 is 23.7 Å². The van der Waals surface area contributed by atoms with E-state index < -0.39 is 0 Å². The third-order valence-corrected chi connectivity index (χ3v) is 5.08. The smallest absolute Gasteiger partial charge is 0.224 e. The van der Waals surface area contributed by atoms with Gasteiger partial charge in [0, 0.05) is 18.3 Å². The Morgan fingerprint density at radius 2 is 1.59 bits per heavy atom. The largest absolute Gasteiger partial charge is 0.495 e. The summed E-state index contributed by atoms with van der Waals surface area (Å²) in [6.45, 7) is 0.340. The molecule has 1 aromatic heterocycles. The molecule has 168 valence electrons. The van der Waals surface area contributed by atoms with Crippen LogP contribution in [0.2, 0.25) is 10.3 Å². The van der Waals surface area contributed by atoms with Crippen molar-refractivity contribution in [2.75, 3.05) is 33.8 Å². The predicted octanol–water partition coefficient (Wildman–Crippen LogP) is 4.66. The first kappa shape index (κ1) is 23.4. The zero-order valence-corrected chi connectivity index (χ0v) is 19.4. The molecule has 1 heterocycles. The van der Waals surface area contributed by atoms with Crippen LogP contribution in [-0.4, -0.2) is 44.2 Å². The molecule has 8 nitrogen and oxygen atoms in total. The molecule has 0 aliphatic heterocycles. The molecule has 0 saturated carbocycles. The van der Waals surface area contributed by atoms with Crippen LogP contribution >= 0.6 is 23.2 Å². The van der Waals surface area contributed by atoms with E-state index in [0.29, 0.717) is 40.1 Å². The minimum atomic E-state index is -0.351. The van der Waals surface area contributed by atoms with Crippen LogP contribution in [0.5, 0.6) is 23.0 Å². The molecule has 0 unspecified atom stereocenters.